The average Bonchev–Trinajstić information content (AvgIpc) is 3.26. The fourth-order valence-corrected chi connectivity index (χ4v) is 3.88. The number of fused-ring (bicyclic) bond motifs is 3. The van der Waals surface area contributed by atoms with Crippen LogP contribution in [0.2, 0.25) is 0 Å². The summed E-state index contributed by atoms with van der Waals surface area (Å²) in [6, 6.07) is 22.8. The Bertz CT molecular complexity index is 1430. The second-order valence-electron chi connectivity index (χ2n) is 7.92. The molecular formula is C25H20F3N5. The Balaban J connectivity index is 1.59. The third kappa shape index (κ3) is 4.00. The first-order valence-corrected chi connectivity index (χ1v) is 10.5. The lowest BCUT2D eigenvalue weighted by atomic mass is 10.0. The van der Waals surface area contributed by atoms with Crippen LogP contribution in [0.4, 0.5) is 19.0 Å². The molecule has 1 N–H and O–H groups in total. The zero-order valence-electron chi connectivity index (χ0n) is 17.7. The monoisotopic (exact) mass is 447 g/mol. The molecule has 0 aliphatic rings. The third-order valence-corrected chi connectivity index (χ3v) is 5.66. The van der Waals surface area contributed by atoms with Gasteiger partial charge in [0.15, 0.2) is 5.65 Å². The van der Waals surface area contributed by atoms with Crippen LogP contribution in [0.5, 0.6) is 0 Å². The van der Waals surface area contributed by atoms with Gasteiger partial charge in [0.05, 0.1) is 11.1 Å². The van der Waals surface area contributed by atoms with Crippen LogP contribution in [0.15, 0.2) is 78.9 Å². The molecule has 0 saturated heterocycles. The van der Waals surface area contributed by atoms with Gasteiger partial charge in [0, 0.05) is 17.5 Å². The summed E-state index contributed by atoms with van der Waals surface area (Å²) < 4.78 is 41.3. The highest BCUT2D eigenvalue weighted by Gasteiger charge is 2.31. The molecule has 0 aliphatic carbocycles. The minimum Gasteiger partial charge on any atom is -0.369 e. The maximum absolute atomic E-state index is 13.2. The molecule has 0 unspecified atom stereocenters. The molecule has 2 heterocycles. The smallest absolute Gasteiger partial charge is 0.369 e. The second kappa shape index (κ2) is 8.20. The van der Waals surface area contributed by atoms with E-state index in [1.165, 1.54) is 11.6 Å². The predicted molar refractivity (Wildman–Crippen MR) is 122 cm³/mol. The van der Waals surface area contributed by atoms with Crippen molar-refractivity contribution in [1.29, 1.82) is 0 Å². The normalized spacial score (nSPS) is 12.8. The quantitative estimate of drug-likeness (QED) is 0.350. The van der Waals surface area contributed by atoms with Crippen molar-refractivity contribution in [2.24, 2.45) is 0 Å². The van der Waals surface area contributed by atoms with Crippen molar-refractivity contribution in [3.63, 3.8) is 0 Å². The number of para-hydroxylation sites is 1. The lowest BCUT2D eigenvalue weighted by molar-refractivity contribution is -0.137. The van der Waals surface area contributed by atoms with Gasteiger partial charge in [0.1, 0.15) is 11.5 Å². The highest BCUT2D eigenvalue weighted by Crippen LogP contribution is 2.33. The number of benzene rings is 3. The standard InChI is InChI=1S/C25H20F3N5/c1-16(17-8-3-2-4-9-17)15-29-23-20-12-5-6-13-21(20)33-24(30-23)22(31-32-33)18-10-7-11-19(14-18)25(26,27)28/h2-14,16H,15H2,1H3,(H,29,30)/t16-/m0/s1. The molecule has 166 valence electrons. The van der Waals surface area contributed by atoms with Crippen LogP contribution in [-0.2, 0) is 6.18 Å². The number of nitrogens with zero attached hydrogens (tertiary/aromatic N) is 4. The number of halogens is 3. The van der Waals surface area contributed by atoms with Gasteiger partial charge < -0.3 is 5.32 Å². The van der Waals surface area contributed by atoms with E-state index in [1.54, 1.807) is 10.6 Å². The van der Waals surface area contributed by atoms with Crippen molar-refractivity contribution >= 4 is 22.4 Å². The molecule has 0 bridgehead atoms. The minimum atomic E-state index is -4.45. The lowest BCUT2D eigenvalue weighted by Crippen LogP contribution is -2.12. The summed E-state index contributed by atoms with van der Waals surface area (Å²) in [5, 5.41) is 12.6. The summed E-state index contributed by atoms with van der Waals surface area (Å²) in [6.45, 7) is 2.76. The zero-order valence-corrected chi connectivity index (χ0v) is 17.7. The van der Waals surface area contributed by atoms with E-state index in [2.05, 4.69) is 34.7 Å². The lowest BCUT2D eigenvalue weighted by Gasteiger charge is -2.15. The van der Waals surface area contributed by atoms with Crippen molar-refractivity contribution in [2.45, 2.75) is 19.0 Å². The molecule has 5 nitrogen and oxygen atoms in total. The summed E-state index contributed by atoms with van der Waals surface area (Å²) in [5.74, 6) is 0.866. The maximum Gasteiger partial charge on any atom is 0.416 e. The van der Waals surface area contributed by atoms with Gasteiger partial charge in [-0.1, -0.05) is 66.7 Å². The van der Waals surface area contributed by atoms with Crippen LogP contribution in [0.3, 0.4) is 0 Å². The first kappa shape index (κ1) is 20.9. The number of hydrogen-bond donors (Lipinski definition) is 1. The predicted octanol–water partition coefficient (Wildman–Crippen LogP) is 6.18. The molecule has 5 aromatic rings. The van der Waals surface area contributed by atoms with E-state index in [-0.39, 0.29) is 5.92 Å². The minimum absolute atomic E-state index is 0.231. The van der Waals surface area contributed by atoms with E-state index in [4.69, 9.17) is 4.98 Å². The molecule has 5 rings (SSSR count). The molecule has 0 fully saturated rings. The van der Waals surface area contributed by atoms with Crippen LogP contribution in [0, 0.1) is 0 Å². The van der Waals surface area contributed by atoms with Gasteiger partial charge in [-0.15, -0.1) is 5.10 Å². The Morgan fingerprint density at radius 1 is 0.939 bits per heavy atom. The fourth-order valence-electron chi connectivity index (χ4n) is 3.88. The molecule has 0 aliphatic heterocycles. The van der Waals surface area contributed by atoms with Gasteiger partial charge in [0.2, 0.25) is 0 Å². The van der Waals surface area contributed by atoms with Gasteiger partial charge >= 0.3 is 6.18 Å². The van der Waals surface area contributed by atoms with E-state index in [1.807, 2.05) is 42.5 Å². The van der Waals surface area contributed by atoms with Crippen LogP contribution >= 0.6 is 0 Å². The Morgan fingerprint density at radius 3 is 2.48 bits per heavy atom. The van der Waals surface area contributed by atoms with Crippen LogP contribution in [0.1, 0.15) is 24.0 Å². The largest absolute Gasteiger partial charge is 0.416 e. The number of rotatable bonds is 5. The van der Waals surface area contributed by atoms with Gasteiger partial charge in [-0.2, -0.15) is 17.7 Å². The Hall–Kier alpha value is -3.94. The number of nitrogens with one attached hydrogen (secondary N) is 1. The first-order valence-electron chi connectivity index (χ1n) is 10.5. The number of alkyl halides is 3. The van der Waals surface area contributed by atoms with E-state index < -0.39 is 11.7 Å². The zero-order chi connectivity index (χ0) is 23.0. The summed E-state index contributed by atoms with van der Waals surface area (Å²) in [5.41, 5.74) is 2.23. The van der Waals surface area contributed by atoms with Crippen molar-refractivity contribution in [3.8, 4) is 11.3 Å². The molecule has 0 spiro atoms. The van der Waals surface area contributed by atoms with Crippen molar-refractivity contribution in [2.75, 3.05) is 11.9 Å². The second-order valence-corrected chi connectivity index (χ2v) is 7.92. The molecule has 33 heavy (non-hydrogen) atoms. The molecule has 0 saturated carbocycles. The average molecular weight is 447 g/mol. The number of aromatic nitrogens is 4. The number of anilines is 1. The van der Waals surface area contributed by atoms with E-state index in [9.17, 15) is 13.2 Å². The first-order chi connectivity index (χ1) is 15.9. The molecule has 2 aromatic heterocycles. The third-order valence-electron chi connectivity index (χ3n) is 5.66. The highest BCUT2D eigenvalue weighted by molar-refractivity contribution is 5.93. The molecule has 0 amide bonds. The van der Waals surface area contributed by atoms with Gasteiger partial charge in [0.25, 0.3) is 0 Å². The number of hydrogen-bond acceptors (Lipinski definition) is 4. The fraction of sp³-hybridized carbons (Fsp3) is 0.160. The van der Waals surface area contributed by atoms with Crippen molar-refractivity contribution in [3.05, 3.63) is 90.0 Å². The molecular weight excluding hydrogens is 427 g/mol. The molecule has 3 aromatic carbocycles. The molecule has 1 atom stereocenters. The van der Waals surface area contributed by atoms with E-state index in [0.29, 0.717) is 29.3 Å². The Labute approximate surface area is 187 Å². The Kier molecular flexibility index (Phi) is 5.20. The summed E-state index contributed by atoms with van der Waals surface area (Å²) in [6.07, 6.45) is -4.45. The molecule has 0 radical (unpaired) electrons. The molecule has 8 heteroatoms. The SMILES string of the molecule is C[C@@H](CNc1nc2c(-c3cccc(C(F)(F)F)c3)nnn2c2ccccc12)c1ccccc1. The summed E-state index contributed by atoms with van der Waals surface area (Å²) >= 11 is 0. The van der Waals surface area contributed by atoms with Crippen LogP contribution < -0.4 is 5.32 Å². The van der Waals surface area contributed by atoms with Crippen molar-refractivity contribution < 1.29 is 13.2 Å². The van der Waals surface area contributed by atoms with E-state index >= 15 is 0 Å². The van der Waals surface area contributed by atoms with Crippen LogP contribution in [-0.4, -0.2) is 26.4 Å². The van der Waals surface area contributed by atoms with Gasteiger partial charge in [-0.05, 0) is 35.7 Å². The van der Waals surface area contributed by atoms with Gasteiger partial charge in [-0.3, -0.25) is 0 Å². The Morgan fingerprint density at radius 2 is 1.70 bits per heavy atom. The maximum atomic E-state index is 13.2. The van der Waals surface area contributed by atoms with E-state index in [0.717, 1.165) is 23.0 Å². The van der Waals surface area contributed by atoms with Crippen LogP contribution in [0.25, 0.3) is 27.8 Å². The van der Waals surface area contributed by atoms with Gasteiger partial charge in [-0.25, -0.2) is 4.98 Å². The van der Waals surface area contributed by atoms with Crippen molar-refractivity contribution in [1.82, 2.24) is 19.8 Å². The highest BCUT2D eigenvalue weighted by atomic mass is 19.4. The topological polar surface area (TPSA) is 55.1 Å². The summed E-state index contributed by atoms with van der Waals surface area (Å²) in [4.78, 5) is 4.74. The summed E-state index contributed by atoms with van der Waals surface area (Å²) in [7, 11) is 0.